The number of hydrazone groups is 1. The highest BCUT2D eigenvalue weighted by Gasteiger charge is 2.20. The number of nitrogens with one attached hydrogen (secondary N) is 1. The van der Waals surface area contributed by atoms with E-state index < -0.39 is 15.9 Å². The van der Waals surface area contributed by atoms with Crippen molar-refractivity contribution in [2.75, 3.05) is 17.1 Å². The van der Waals surface area contributed by atoms with Gasteiger partial charge in [0, 0.05) is 10.2 Å². The number of amides is 1. The maximum atomic E-state index is 12.2. The first-order chi connectivity index (χ1) is 12.8. The Bertz CT molecular complexity index is 915. The maximum absolute atomic E-state index is 12.2. The minimum absolute atomic E-state index is 0.343. The summed E-state index contributed by atoms with van der Waals surface area (Å²) in [4.78, 5) is 12.2. The highest BCUT2D eigenvalue weighted by molar-refractivity contribution is 9.10. The first kappa shape index (κ1) is 21.1. The van der Waals surface area contributed by atoms with E-state index in [1.165, 1.54) is 5.56 Å². The van der Waals surface area contributed by atoms with Crippen LogP contribution in [-0.4, -0.2) is 32.8 Å². The molecule has 144 valence electrons. The van der Waals surface area contributed by atoms with E-state index >= 15 is 0 Å². The Morgan fingerprint density at radius 2 is 1.85 bits per heavy atom. The van der Waals surface area contributed by atoms with Gasteiger partial charge in [0.25, 0.3) is 5.91 Å². The second-order valence-corrected chi connectivity index (χ2v) is 8.94. The summed E-state index contributed by atoms with van der Waals surface area (Å²) >= 11 is 3.31. The molecule has 0 fully saturated rings. The lowest BCUT2D eigenvalue weighted by Crippen LogP contribution is -2.39. The van der Waals surface area contributed by atoms with Crippen molar-refractivity contribution in [2.45, 2.75) is 19.8 Å². The molecule has 0 aromatic heterocycles. The molecule has 2 aromatic carbocycles. The van der Waals surface area contributed by atoms with Crippen molar-refractivity contribution in [1.29, 1.82) is 0 Å². The molecule has 27 heavy (non-hydrogen) atoms. The molecule has 0 bridgehead atoms. The summed E-state index contributed by atoms with van der Waals surface area (Å²) in [5, 5.41) is 4.07. The number of rotatable bonds is 8. The average Bonchev–Trinajstić information content (AvgIpc) is 2.62. The van der Waals surface area contributed by atoms with E-state index in [1.807, 2.05) is 37.3 Å². The fourth-order valence-electron chi connectivity index (χ4n) is 2.38. The van der Waals surface area contributed by atoms with Crippen LogP contribution in [0.15, 0.2) is 64.2 Å². The lowest BCUT2D eigenvalue weighted by atomic mass is 10.1. The minimum atomic E-state index is -3.61. The van der Waals surface area contributed by atoms with Crippen molar-refractivity contribution in [3.63, 3.8) is 0 Å². The molecule has 0 heterocycles. The number of carbonyl (C=O) groups excluding carboxylic acids is 1. The van der Waals surface area contributed by atoms with E-state index in [1.54, 1.807) is 24.3 Å². The van der Waals surface area contributed by atoms with Crippen LogP contribution in [0.4, 0.5) is 5.69 Å². The third kappa shape index (κ3) is 7.15. The third-order valence-electron chi connectivity index (χ3n) is 3.77. The van der Waals surface area contributed by atoms with Crippen molar-refractivity contribution in [2.24, 2.45) is 5.10 Å². The quantitative estimate of drug-likeness (QED) is 0.493. The standard InChI is InChI=1S/C19H22BrN3O3S/c1-15(11-12-16-7-4-3-5-8-16)21-22-19(24)14-23(27(2,25)26)18-10-6-9-17(20)13-18/h3-10,13H,11-12,14H2,1-2H3,(H,22,24)/b21-15+. The number of carbonyl (C=O) groups is 1. The first-order valence-electron chi connectivity index (χ1n) is 8.35. The maximum Gasteiger partial charge on any atom is 0.260 e. The zero-order valence-corrected chi connectivity index (χ0v) is 17.6. The molecule has 0 radical (unpaired) electrons. The molecule has 1 amide bonds. The Morgan fingerprint density at radius 1 is 1.15 bits per heavy atom. The number of sulfonamides is 1. The molecule has 0 saturated heterocycles. The van der Waals surface area contributed by atoms with Gasteiger partial charge < -0.3 is 0 Å². The fourth-order valence-corrected chi connectivity index (χ4v) is 3.62. The summed E-state index contributed by atoms with van der Waals surface area (Å²) in [5.74, 6) is -0.500. The number of halogens is 1. The number of benzene rings is 2. The van der Waals surface area contributed by atoms with Crippen LogP contribution in [0.5, 0.6) is 0 Å². The molecular formula is C19H22BrN3O3S. The molecule has 2 rings (SSSR count). The minimum Gasteiger partial charge on any atom is -0.271 e. The van der Waals surface area contributed by atoms with Crippen LogP contribution in [0.3, 0.4) is 0 Å². The Hall–Kier alpha value is -2.19. The summed E-state index contributed by atoms with van der Waals surface area (Å²) in [6, 6.07) is 16.8. The summed E-state index contributed by atoms with van der Waals surface area (Å²) in [7, 11) is -3.61. The molecule has 0 aliphatic heterocycles. The van der Waals surface area contributed by atoms with Crippen molar-refractivity contribution < 1.29 is 13.2 Å². The molecule has 2 aromatic rings. The van der Waals surface area contributed by atoms with Crippen LogP contribution in [0.25, 0.3) is 0 Å². The smallest absolute Gasteiger partial charge is 0.260 e. The van der Waals surface area contributed by atoms with Gasteiger partial charge in [0.2, 0.25) is 10.0 Å². The van der Waals surface area contributed by atoms with Crippen LogP contribution in [0, 0.1) is 0 Å². The van der Waals surface area contributed by atoms with E-state index in [-0.39, 0.29) is 6.54 Å². The van der Waals surface area contributed by atoms with Gasteiger partial charge in [-0.25, -0.2) is 13.8 Å². The second-order valence-electron chi connectivity index (χ2n) is 6.12. The molecule has 1 N–H and O–H groups in total. The fraction of sp³-hybridized carbons (Fsp3) is 0.263. The van der Waals surface area contributed by atoms with Gasteiger partial charge in [0.1, 0.15) is 6.54 Å². The van der Waals surface area contributed by atoms with Gasteiger partial charge in [-0.3, -0.25) is 9.10 Å². The normalized spacial score (nSPS) is 11.9. The lowest BCUT2D eigenvalue weighted by Gasteiger charge is -2.21. The Labute approximate surface area is 168 Å². The van der Waals surface area contributed by atoms with Crippen LogP contribution in [-0.2, 0) is 21.2 Å². The van der Waals surface area contributed by atoms with E-state index in [4.69, 9.17) is 0 Å². The zero-order chi connectivity index (χ0) is 19.9. The van der Waals surface area contributed by atoms with Gasteiger partial charge in [-0.15, -0.1) is 0 Å². The largest absolute Gasteiger partial charge is 0.271 e. The Morgan fingerprint density at radius 3 is 2.48 bits per heavy atom. The molecule has 0 atom stereocenters. The first-order valence-corrected chi connectivity index (χ1v) is 11.0. The molecule has 0 aliphatic rings. The van der Waals surface area contributed by atoms with Gasteiger partial charge in [-0.05, 0) is 43.5 Å². The van der Waals surface area contributed by atoms with Crippen molar-refractivity contribution in [3.05, 3.63) is 64.6 Å². The highest BCUT2D eigenvalue weighted by atomic mass is 79.9. The zero-order valence-electron chi connectivity index (χ0n) is 15.2. The molecule has 8 heteroatoms. The van der Waals surface area contributed by atoms with Crippen molar-refractivity contribution >= 4 is 43.3 Å². The summed E-state index contributed by atoms with van der Waals surface area (Å²) < 4.78 is 25.9. The van der Waals surface area contributed by atoms with Crippen molar-refractivity contribution in [1.82, 2.24) is 5.43 Å². The van der Waals surface area contributed by atoms with E-state index in [9.17, 15) is 13.2 Å². The molecule has 0 aliphatic carbocycles. The predicted molar refractivity (Wildman–Crippen MR) is 112 cm³/mol. The summed E-state index contributed by atoms with van der Waals surface area (Å²) in [6.07, 6.45) is 2.58. The lowest BCUT2D eigenvalue weighted by molar-refractivity contribution is -0.119. The molecule has 0 unspecified atom stereocenters. The molecular weight excluding hydrogens is 430 g/mol. The monoisotopic (exact) mass is 451 g/mol. The van der Waals surface area contributed by atoms with Gasteiger partial charge in [0.15, 0.2) is 0 Å². The summed E-state index contributed by atoms with van der Waals surface area (Å²) in [6.45, 7) is 1.48. The number of anilines is 1. The topological polar surface area (TPSA) is 78.8 Å². The number of hydrogen-bond donors (Lipinski definition) is 1. The van der Waals surface area contributed by atoms with Crippen LogP contribution in [0.2, 0.25) is 0 Å². The van der Waals surface area contributed by atoms with Crippen molar-refractivity contribution in [3.8, 4) is 0 Å². The highest BCUT2D eigenvalue weighted by Crippen LogP contribution is 2.21. The van der Waals surface area contributed by atoms with Crippen LogP contribution in [0.1, 0.15) is 18.9 Å². The molecule has 0 saturated carbocycles. The van der Waals surface area contributed by atoms with E-state index in [0.29, 0.717) is 12.1 Å². The number of nitrogens with zero attached hydrogens (tertiary/aromatic N) is 2. The molecule has 6 nitrogen and oxygen atoms in total. The van der Waals surface area contributed by atoms with Gasteiger partial charge >= 0.3 is 0 Å². The SMILES string of the molecule is C/C(CCc1ccccc1)=N\NC(=O)CN(c1cccc(Br)c1)S(C)(=O)=O. The van der Waals surface area contributed by atoms with E-state index in [0.717, 1.165) is 27.2 Å². The Kier molecular flexibility index (Phi) is 7.55. The van der Waals surface area contributed by atoms with Crippen LogP contribution < -0.4 is 9.73 Å². The second kappa shape index (κ2) is 9.66. The Balaban J connectivity index is 1.97. The van der Waals surface area contributed by atoms with Crippen LogP contribution >= 0.6 is 15.9 Å². The van der Waals surface area contributed by atoms with E-state index in [2.05, 4.69) is 26.5 Å². The predicted octanol–water partition coefficient (Wildman–Crippen LogP) is 3.34. The molecule has 0 spiro atoms. The van der Waals surface area contributed by atoms with Gasteiger partial charge in [-0.2, -0.15) is 5.10 Å². The number of aryl methyl sites for hydroxylation is 1. The number of hydrogen-bond acceptors (Lipinski definition) is 4. The summed E-state index contributed by atoms with van der Waals surface area (Å²) in [5.41, 5.74) is 4.80. The van der Waals surface area contributed by atoms with Gasteiger partial charge in [0.05, 0.1) is 11.9 Å². The average molecular weight is 452 g/mol. The third-order valence-corrected chi connectivity index (χ3v) is 5.41. The van der Waals surface area contributed by atoms with Gasteiger partial charge in [-0.1, -0.05) is 52.3 Å².